The number of benzene rings is 2. The molecule has 1 saturated heterocycles. The highest BCUT2D eigenvalue weighted by atomic mass is 16.4. The molecule has 0 aromatic heterocycles. The van der Waals surface area contributed by atoms with E-state index < -0.39 is 12.1 Å². The van der Waals surface area contributed by atoms with Crippen LogP contribution in [0.3, 0.4) is 0 Å². The average molecular weight is 394 g/mol. The van der Waals surface area contributed by atoms with E-state index in [0.29, 0.717) is 44.5 Å². The van der Waals surface area contributed by atoms with Gasteiger partial charge in [-0.1, -0.05) is 49.0 Å². The van der Waals surface area contributed by atoms with Crippen LogP contribution in [0.4, 0.5) is 0 Å². The number of amides is 1. The van der Waals surface area contributed by atoms with Gasteiger partial charge < -0.3 is 10.2 Å². The van der Waals surface area contributed by atoms with Crippen LogP contribution in [-0.4, -0.2) is 57.8 Å². The maximum absolute atomic E-state index is 12.3. The molecule has 6 heteroatoms. The first kappa shape index (κ1) is 20.8. The molecule has 0 saturated carbocycles. The van der Waals surface area contributed by atoms with E-state index in [9.17, 15) is 14.7 Å². The van der Waals surface area contributed by atoms with Gasteiger partial charge in [-0.3, -0.25) is 9.80 Å². The van der Waals surface area contributed by atoms with Crippen LogP contribution >= 0.6 is 0 Å². The lowest BCUT2D eigenvalue weighted by atomic mass is 10.0. The van der Waals surface area contributed by atoms with E-state index in [0.717, 1.165) is 11.1 Å². The average Bonchev–Trinajstić information content (AvgIpc) is 3.10. The highest BCUT2D eigenvalue weighted by molar-refractivity contribution is 5.87. The molecule has 1 unspecified atom stereocenters. The number of carbonyl (C=O) groups excluding carboxylic acids is 1. The van der Waals surface area contributed by atoms with Crippen LogP contribution in [0.15, 0.2) is 61.2 Å². The molecular formula is C23H26N2O4. The second-order valence-electron chi connectivity index (χ2n) is 7.17. The molecule has 1 amide bonds. The fourth-order valence-electron chi connectivity index (χ4n) is 3.47. The maximum Gasteiger partial charge on any atom is 0.335 e. The third kappa shape index (κ3) is 5.31. The largest absolute Gasteiger partial charge is 0.478 e. The summed E-state index contributed by atoms with van der Waals surface area (Å²) in [4.78, 5) is 23.2. The Morgan fingerprint density at radius 3 is 2.38 bits per heavy atom. The predicted molar refractivity (Wildman–Crippen MR) is 111 cm³/mol. The van der Waals surface area contributed by atoms with Crippen molar-refractivity contribution in [3.63, 3.8) is 0 Å². The molecule has 2 N–H and O–H groups in total. The third-order valence-electron chi connectivity index (χ3n) is 5.23. The molecule has 0 spiro atoms. The summed E-state index contributed by atoms with van der Waals surface area (Å²) in [5, 5.41) is 23.2. The Kier molecular flexibility index (Phi) is 6.80. The second kappa shape index (κ2) is 9.49. The van der Waals surface area contributed by atoms with Gasteiger partial charge in [0.05, 0.1) is 11.7 Å². The smallest absolute Gasteiger partial charge is 0.335 e. The minimum Gasteiger partial charge on any atom is -0.478 e. The summed E-state index contributed by atoms with van der Waals surface area (Å²) in [5.41, 5.74) is 2.83. The number of carbonyl (C=O) groups is 2. The summed E-state index contributed by atoms with van der Waals surface area (Å²) in [5.74, 6) is -0.878. The summed E-state index contributed by atoms with van der Waals surface area (Å²) in [6.45, 7) is 5.74. The fraction of sp³-hybridized carbons (Fsp3) is 0.304. The fourth-order valence-corrected chi connectivity index (χ4v) is 3.47. The molecule has 1 aliphatic rings. The molecule has 29 heavy (non-hydrogen) atoms. The van der Waals surface area contributed by atoms with Crippen molar-refractivity contribution in [2.24, 2.45) is 0 Å². The number of rotatable bonds is 9. The van der Waals surface area contributed by atoms with Crippen molar-refractivity contribution in [1.29, 1.82) is 0 Å². The van der Waals surface area contributed by atoms with Gasteiger partial charge in [0.25, 0.3) is 0 Å². The first-order valence-corrected chi connectivity index (χ1v) is 9.75. The first-order valence-electron chi connectivity index (χ1n) is 9.75. The lowest BCUT2D eigenvalue weighted by Crippen LogP contribution is -2.41. The van der Waals surface area contributed by atoms with Gasteiger partial charge in [-0.05, 0) is 41.7 Å². The molecule has 0 bridgehead atoms. The topological polar surface area (TPSA) is 81.1 Å². The lowest BCUT2D eigenvalue weighted by Gasteiger charge is -2.29. The van der Waals surface area contributed by atoms with Gasteiger partial charge >= 0.3 is 5.97 Å². The lowest BCUT2D eigenvalue weighted by molar-refractivity contribution is -0.138. The van der Waals surface area contributed by atoms with Crippen LogP contribution < -0.4 is 0 Å². The van der Waals surface area contributed by atoms with Crippen molar-refractivity contribution in [3.8, 4) is 0 Å². The van der Waals surface area contributed by atoms with Crippen molar-refractivity contribution in [1.82, 2.24) is 10.0 Å². The molecular weight excluding hydrogens is 368 g/mol. The van der Waals surface area contributed by atoms with E-state index in [2.05, 4.69) is 6.58 Å². The molecule has 1 heterocycles. The molecule has 2 aromatic carbocycles. The molecule has 6 nitrogen and oxygen atoms in total. The zero-order chi connectivity index (χ0) is 20.8. The summed E-state index contributed by atoms with van der Waals surface area (Å²) in [7, 11) is 0. The zero-order valence-corrected chi connectivity index (χ0v) is 16.3. The zero-order valence-electron chi connectivity index (χ0n) is 16.3. The Bertz CT molecular complexity index is 864. The van der Waals surface area contributed by atoms with Gasteiger partial charge in [-0.2, -0.15) is 0 Å². The van der Waals surface area contributed by atoms with Gasteiger partial charge in [0.2, 0.25) is 5.91 Å². The van der Waals surface area contributed by atoms with E-state index in [4.69, 9.17) is 5.11 Å². The van der Waals surface area contributed by atoms with Crippen LogP contribution in [0.2, 0.25) is 0 Å². The molecule has 1 fully saturated rings. The van der Waals surface area contributed by atoms with E-state index in [1.807, 2.05) is 35.3 Å². The third-order valence-corrected chi connectivity index (χ3v) is 5.23. The molecule has 1 atom stereocenters. The standard InChI is InChI=1S/C23H26N2O4/c1-17(19-5-3-2-4-6-19)21(26)12-14-24-15-13-22(27)25(24)16-11-18-7-9-20(10-8-18)23(28)29/h2-10,21,26H,1,11-16H2,(H,28,29). The summed E-state index contributed by atoms with van der Waals surface area (Å²) in [6, 6.07) is 16.3. The number of nitrogens with zero attached hydrogens (tertiary/aromatic N) is 2. The van der Waals surface area contributed by atoms with E-state index in [1.54, 1.807) is 29.3 Å². The Hall–Kier alpha value is -2.96. The van der Waals surface area contributed by atoms with Gasteiger partial charge in [-0.25, -0.2) is 9.80 Å². The highest BCUT2D eigenvalue weighted by Crippen LogP contribution is 2.20. The van der Waals surface area contributed by atoms with Crippen molar-refractivity contribution >= 4 is 17.4 Å². The quantitative estimate of drug-likeness (QED) is 0.684. The Labute approximate surface area is 170 Å². The van der Waals surface area contributed by atoms with Crippen LogP contribution in [0.5, 0.6) is 0 Å². The molecule has 0 radical (unpaired) electrons. The van der Waals surface area contributed by atoms with Gasteiger partial charge in [0.15, 0.2) is 0 Å². The molecule has 0 aliphatic carbocycles. The van der Waals surface area contributed by atoms with Crippen LogP contribution in [0.1, 0.15) is 34.3 Å². The SMILES string of the molecule is C=C(c1ccccc1)C(O)CCN1CCC(=O)N1CCc1ccc(C(=O)O)cc1. The number of hydrazine groups is 1. The Morgan fingerprint density at radius 1 is 1.03 bits per heavy atom. The number of aromatic carboxylic acids is 1. The number of hydrogen-bond acceptors (Lipinski definition) is 4. The molecule has 152 valence electrons. The molecule has 1 aliphatic heterocycles. The van der Waals surface area contributed by atoms with Crippen LogP contribution in [-0.2, 0) is 11.2 Å². The van der Waals surface area contributed by atoms with Crippen LogP contribution in [0, 0.1) is 0 Å². The Morgan fingerprint density at radius 2 is 1.72 bits per heavy atom. The predicted octanol–water partition coefficient (Wildman–Crippen LogP) is 2.84. The number of aliphatic hydroxyl groups excluding tert-OH is 1. The molecule has 3 rings (SSSR count). The van der Waals surface area contributed by atoms with Crippen molar-refractivity contribution in [3.05, 3.63) is 77.9 Å². The van der Waals surface area contributed by atoms with Crippen molar-refractivity contribution in [2.75, 3.05) is 19.6 Å². The minimum atomic E-state index is -0.951. The Balaban J connectivity index is 1.53. The highest BCUT2D eigenvalue weighted by Gasteiger charge is 2.28. The maximum atomic E-state index is 12.3. The summed E-state index contributed by atoms with van der Waals surface area (Å²) >= 11 is 0. The monoisotopic (exact) mass is 394 g/mol. The first-order chi connectivity index (χ1) is 14.0. The van der Waals surface area contributed by atoms with Gasteiger partial charge in [0, 0.05) is 26.1 Å². The van der Waals surface area contributed by atoms with E-state index in [1.165, 1.54) is 0 Å². The van der Waals surface area contributed by atoms with E-state index in [-0.39, 0.29) is 11.5 Å². The minimum absolute atomic E-state index is 0.0727. The number of carboxylic acid groups (broad SMARTS) is 1. The van der Waals surface area contributed by atoms with Crippen LogP contribution in [0.25, 0.3) is 5.57 Å². The van der Waals surface area contributed by atoms with Gasteiger partial charge in [-0.15, -0.1) is 0 Å². The number of aliphatic hydroxyl groups is 1. The van der Waals surface area contributed by atoms with Crippen molar-refractivity contribution < 1.29 is 19.8 Å². The number of carboxylic acids is 1. The number of hydrogen-bond donors (Lipinski definition) is 2. The second-order valence-corrected chi connectivity index (χ2v) is 7.17. The van der Waals surface area contributed by atoms with Gasteiger partial charge in [0.1, 0.15) is 0 Å². The van der Waals surface area contributed by atoms with E-state index >= 15 is 0 Å². The van der Waals surface area contributed by atoms with Crippen molar-refractivity contribution in [2.45, 2.75) is 25.4 Å². The normalized spacial score (nSPS) is 15.5. The summed E-state index contributed by atoms with van der Waals surface area (Å²) in [6.07, 6.45) is 0.929. The molecule has 2 aromatic rings. The summed E-state index contributed by atoms with van der Waals surface area (Å²) < 4.78 is 0.